The van der Waals surface area contributed by atoms with E-state index in [2.05, 4.69) is 0 Å². The number of rotatable bonds is 1. The van der Waals surface area contributed by atoms with E-state index in [9.17, 15) is 15.0 Å². The normalized spacial score (nSPS) is 33.2. The van der Waals surface area contributed by atoms with E-state index in [1.54, 1.807) is 6.92 Å². The average molecular weight is 184 g/mol. The summed E-state index contributed by atoms with van der Waals surface area (Å²) in [6.45, 7) is 5.54. The molecule has 1 unspecified atom stereocenters. The summed E-state index contributed by atoms with van der Waals surface area (Å²) in [7, 11) is 0. The first-order valence-corrected chi connectivity index (χ1v) is 4.43. The summed E-state index contributed by atoms with van der Waals surface area (Å²) in [5, 5.41) is 18.9. The van der Waals surface area contributed by atoms with Gasteiger partial charge in [-0.15, -0.1) is 0 Å². The molecule has 3 heteroatoms. The summed E-state index contributed by atoms with van der Waals surface area (Å²) in [6, 6.07) is 0. The fourth-order valence-electron chi connectivity index (χ4n) is 2.02. The maximum atomic E-state index is 10.8. The molecular formula is C10H16O3. The molecule has 0 aromatic carbocycles. The van der Waals surface area contributed by atoms with Crippen LogP contribution in [0.1, 0.15) is 27.2 Å². The van der Waals surface area contributed by atoms with Crippen molar-refractivity contribution < 1.29 is 15.0 Å². The minimum absolute atomic E-state index is 0.0311. The number of aliphatic hydroxyl groups excluding tert-OH is 2. The molecule has 0 aromatic heterocycles. The van der Waals surface area contributed by atoms with E-state index in [1.165, 1.54) is 0 Å². The third-order valence-corrected chi connectivity index (χ3v) is 2.88. The van der Waals surface area contributed by atoms with E-state index in [4.69, 9.17) is 0 Å². The fraction of sp³-hybridized carbons (Fsp3) is 0.700. The molecule has 1 aliphatic rings. The summed E-state index contributed by atoms with van der Waals surface area (Å²) < 4.78 is 0. The Morgan fingerprint density at radius 1 is 1.54 bits per heavy atom. The molecule has 74 valence electrons. The lowest BCUT2D eigenvalue weighted by Crippen LogP contribution is -2.37. The van der Waals surface area contributed by atoms with Gasteiger partial charge in [-0.25, -0.2) is 0 Å². The largest absolute Gasteiger partial charge is 0.510 e. The Kier molecular flexibility index (Phi) is 2.48. The smallest absolute Gasteiger partial charge is 0.127 e. The monoisotopic (exact) mass is 184 g/mol. The van der Waals surface area contributed by atoms with Gasteiger partial charge in [-0.2, -0.15) is 0 Å². The van der Waals surface area contributed by atoms with Crippen LogP contribution in [0.25, 0.3) is 0 Å². The topological polar surface area (TPSA) is 57.5 Å². The molecule has 0 aromatic rings. The second kappa shape index (κ2) is 3.14. The summed E-state index contributed by atoms with van der Waals surface area (Å²) in [4.78, 5) is 10.8. The minimum Gasteiger partial charge on any atom is -0.510 e. The van der Waals surface area contributed by atoms with Gasteiger partial charge < -0.3 is 15.0 Å². The van der Waals surface area contributed by atoms with Crippen molar-refractivity contribution in [1.82, 2.24) is 0 Å². The van der Waals surface area contributed by atoms with E-state index in [0.29, 0.717) is 12.0 Å². The molecule has 2 atom stereocenters. The zero-order chi connectivity index (χ0) is 10.2. The first-order valence-electron chi connectivity index (χ1n) is 4.43. The van der Waals surface area contributed by atoms with Gasteiger partial charge in [-0.1, -0.05) is 13.8 Å². The van der Waals surface area contributed by atoms with Crippen molar-refractivity contribution in [3.05, 3.63) is 11.3 Å². The van der Waals surface area contributed by atoms with Crippen LogP contribution in [0, 0.1) is 11.3 Å². The molecule has 1 rings (SSSR count). The Hall–Kier alpha value is -0.830. The summed E-state index contributed by atoms with van der Waals surface area (Å²) in [5.41, 5.74) is 0.330. The Morgan fingerprint density at radius 2 is 2.08 bits per heavy atom. The molecule has 0 saturated heterocycles. The van der Waals surface area contributed by atoms with E-state index in [1.807, 2.05) is 13.8 Å². The Balaban J connectivity index is 3.11. The molecule has 0 bridgehead atoms. The first-order chi connectivity index (χ1) is 5.90. The van der Waals surface area contributed by atoms with E-state index >= 15 is 0 Å². The Morgan fingerprint density at radius 3 is 2.54 bits per heavy atom. The van der Waals surface area contributed by atoms with Crippen LogP contribution in [0.4, 0.5) is 0 Å². The Bertz CT molecular complexity index is 253. The van der Waals surface area contributed by atoms with Gasteiger partial charge in [0.1, 0.15) is 18.1 Å². The van der Waals surface area contributed by atoms with E-state index < -0.39 is 6.10 Å². The van der Waals surface area contributed by atoms with Gasteiger partial charge in [-0.05, 0) is 24.3 Å². The van der Waals surface area contributed by atoms with Gasteiger partial charge in [-0.3, -0.25) is 0 Å². The quantitative estimate of drug-likeness (QED) is 0.606. The number of hydrogen-bond donors (Lipinski definition) is 2. The second-order valence-corrected chi connectivity index (χ2v) is 4.39. The van der Waals surface area contributed by atoms with Crippen LogP contribution in [-0.4, -0.2) is 22.6 Å². The van der Waals surface area contributed by atoms with Gasteiger partial charge in [0, 0.05) is 5.92 Å². The number of aldehydes is 1. The Labute approximate surface area is 78.1 Å². The molecule has 0 amide bonds. The van der Waals surface area contributed by atoms with Crippen LogP contribution >= 0.6 is 0 Å². The van der Waals surface area contributed by atoms with Crippen molar-refractivity contribution >= 4 is 6.29 Å². The van der Waals surface area contributed by atoms with Gasteiger partial charge in [0.05, 0.1) is 0 Å². The zero-order valence-electron chi connectivity index (χ0n) is 8.24. The standard InChI is InChI=1S/C10H16O3/c1-6-7(5-11)10(2,3)4-8(12)9(6)13/h5,7-8,12-13H,4H2,1-3H3/t7?,8-/m0/s1. The fourth-order valence-corrected chi connectivity index (χ4v) is 2.02. The van der Waals surface area contributed by atoms with E-state index in [-0.39, 0.29) is 17.1 Å². The SMILES string of the molecule is CC1=C(O)[C@@H](O)CC(C)(C)C1C=O. The van der Waals surface area contributed by atoms with Crippen molar-refractivity contribution in [3.8, 4) is 0 Å². The van der Waals surface area contributed by atoms with Crippen molar-refractivity contribution in [1.29, 1.82) is 0 Å². The van der Waals surface area contributed by atoms with Crippen LogP contribution in [0.5, 0.6) is 0 Å². The molecule has 13 heavy (non-hydrogen) atoms. The number of carbonyl (C=O) groups is 1. The highest BCUT2D eigenvalue weighted by Crippen LogP contribution is 2.41. The van der Waals surface area contributed by atoms with Crippen LogP contribution < -0.4 is 0 Å². The minimum atomic E-state index is -0.814. The molecule has 0 aliphatic heterocycles. The predicted molar refractivity (Wildman–Crippen MR) is 49.3 cm³/mol. The molecule has 0 fully saturated rings. The number of allylic oxidation sites excluding steroid dienone is 1. The first kappa shape index (κ1) is 10.3. The van der Waals surface area contributed by atoms with Crippen LogP contribution in [0.3, 0.4) is 0 Å². The van der Waals surface area contributed by atoms with Crippen molar-refractivity contribution in [2.45, 2.75) is 33.3 Å². The average Bonchev–Trinajstić information content (AvgIpc) is 2.00. The van der Waals surface area contributed by atoms with Crippen molar-refractivity contribution in [2.75, 3.05) is 0 Å². The third kappa shape index (κ3) is 1.61. The summed E-state index contributed by atoms with van der Waals surface area (Å²) >= 11 is 0. The molecule has 2 N–H and O–H groups in total. The maximum Gasteiger partial charge on any atom is 0.127 e. The summed E-state index contributed by atoms with van der Waals surface area (Å²) in [5.74, 6) is -0.313. The summed E-state index contributed by atoms with van der Waals surface area (Å²) in [6.07, 6.45) is 0.461. The zero-order valence-corrected chi connectivity index (χ0v) is 8.24. The lowest BCUT2D eigenvalue weighted by Gasteiger charge is -2.38. The van der Waals surface area contributed by atoms with Gasteiger partial charge in [0.25, 0.3) is 0 Å². The molecular weight excluding hydrogens is 168 g/mol. The number of aliphatic hydroxyl groups is 2. The second-order valence-electron chi connectivity index (χ2n) is 4.39. The maximum absolute atomic E-state index is 10.8. The highest BCUT2D eigenvalue weighted by atomic mass is 16.3. The van der Waals surface area contributed by atoms with Crippen LogP contribution in [0.15, 0.2) is 11.3 Å². The molecule has 0 saturated carbocycles. The predicted octanol–water partition coefficient (Wildman–Crippen LogP) is 1.42. The van der Waals surface area contributed by atoms with Crippen LogP contribution in [-0.2, 0) is 4.79 Å². The van der Waals surface area contributed by atoms with Crippen molar-refractivity contribution in [2.24, 2.45) is 11.3 Å². The van der Waals surface area contributed by atoms with Crippen LogP contribution in [0.2, 0.25) is 0 Å². The lowest BCUT2D eigenvalue weighted by atomic mass is 9.68. The van der Waals surface area contributed by atoms with Gasteiger partial charge in [0.15, 0.2) is 0 Å². The third-order valence-electron chi connectivity index (χ3n) is 2.88. The number of carbonyl (C=O) groups excluding carboxylic acids is 1. The van der Waals surface area contributed by atoms with Crippen molar-refractivity contribution in [3.63, 3.8) is 0 Å². The molecule has 0 heterocycles. The van der Waals surface area contributed by atoms with Gasteiger partial charge >= 0.3 is 0 Å². The van der Waals surface area contributed by atoms with Gasteiger partial charge in [0.2, 0.25) is 0 Å². The molecule has 3 nitrogen and oxygen atoms in total. The van der Waals surface area contributed by atoms with E-state index in [0.717, 1.165) is 6.29 Å². The highest BCUT2D eigenvalue weighted by molar-refractivity contribution is 5.61. The molecule has 0 radical (unpaired) electrons. The number of hydrogen-bond acceptors (Lipinski definition) is 3. The lowest BCUT2D eigenvalue weighted by molar-refractivity contribution is -0.114. The molecule has 1 aliphatic carbocycles. The highest BCUT2D eigenvalue weighted by Gasteiger charge is 2.39. The molecule has 0 spiro atoms.